The van der Waals surface area contributed by atoms with Gasteiger partial charge in [0.05, 0.1) is 11.6 Å². The average Bonchev–Trinajstić information content (AvgIpc) is 2.48. The van der Waals surface area contributed by atoms with Crippen LogP contribution < -0.4 is 5.73 Å². The van der Waals surface area contributed by atoms with Crippen molar-refractivity contribution in [3.63, 3.8) is 0 Å². The van der Waals surface area contributed by atoms with Gasteiger partial charge in [-0.05, 0) is 70.3 Å². The third-order valence-corrected chi connectivity index (χ3v) is 4.05. The van der Waals surface area contributed by atoms with Crippen LogP contribution in [0.2, 0.25) is 0 Å². The van der Waals surface area contributed by atoms with Crippen LogP contribution in [0.5, 0.6) is 0 Å². The summed E-state index contributed by atoms with van der Waals surface area (Å²) < 4.78 is 1.18. The molecule has 2 aromatic carbocycles. The molecule has 3 nitrogen and oxygen atoms in total. The number of rotatable bonds is 5. The normalized spacial score (nSPS) is 11.6. The second kappa shape index (κ2) is 7.23. The van der Waals surface area contributed by atoms with Crippen molar-refractivity contribution in [1.29, 1.82) is 5.26 Å². The van der Waals surface area contributed by atoms with E-state index < -0.39 is 0 Å². The summed E-state index contributed by atoms with van der Waals surface area (Å²) in [4.78, 5) is 11.3. The number of nitriles is 1. The standard InChI is InChI=1S/C17H15IN2O/c18-16-6-4-12(5-7-16)8-15(10-17(20)21)14-3-1-2-13(9-14)11-19/h1-7,9,15H,8,10H2,(H2,20,21). The van der Waals surface area contributed by atoms with Crippen LogP contribution >= 0.6 is 22.6 Å². The first-order valence-corrected chi connectivity index (χ1v) is 7.69. The predicted molar refractivity (Wildman–Crippen MR) is 90.6 cm³/mol. The second-order valence-electron chi connectivity index (χ2n) is 4.94. The van der Waals surface area contributed by atoms with Crippen LogP contribution in [0.15, 0.2) is 48.5 Å². The number of benzene rings is 2. The third kappa shape index (κ3) is 4.57. The highest BCUT2D eigenvalue weighted by atomic mass is 127. The number of hydrogen-bond donors (Lipinski definition) is 1. The Bertz CT molecular complexity index is 674. The van der Waals surface area contributed by atoms with Gasteiger partial charge in [-0.1, -0.05) is 24.3 Å². The Morgan fingerprint density at radius 3 is 2.57 bits per heavy atom. The van der Waals surface area contributed by atoms with Crippen LogP contribution in [0.1, 0.15) is 29.0 Å². The van der Waals surface area contributed by atoms with Crippen molar-refractivity contribution in [3.05, 3.63) is 68.8 Å². The number of hydrogen-bond acceptors (Lipinski definition) is 2. The number of primary amides is 1. The van der Waals surface area contributed by atoms with E-state index in [0.29, 0.717) is 5.56 Å². The molecule has 2 rings (SSSR count). The molecule has 1 unspecified atom stereocenters. The maximum absolute atomic E-state index is 11.3. The summed E-state index contributed by atoms with van der Waals surface area (Å²) in [5.74, 6) is -0.330. The molecule has 0 saturated carbocycles. The van der Waals surface area contributed by atoms with Crippen molar-refractivity contribution >= 4 is 28.5 Å². The molecule has 0 spiro atoms. The van der Waals surface area contributed by atoms with Gasteiger partial charge < -0.3 is 5.73 Å². The van der Waals surface area contributed by atoms with Gasteiger partial charge in [0.1, 0.15) is 0 Å². The van der Waals surface area contributed by atoms with E-state index in [4.69, 9.17) is 11.0 Å². The van der Waals surface area contributed by atoms with Crippen LogP contribution in [0.3, 0.4) is 0 Å². The maximum Gasteiger partial charge on any atom is 0.218 e. The molecule has 0 bridgehead atoms. The van der Waals surface area contributed by atoms with E-state index in [1.54, 1.807) is 6.07 Å². The number of nitrogens with two attached hydrogens (primary N) is 1. The van der Waals surface area contributed by atoms with E-state index in [1.807, 2.05) is 30.3 Å². The lowest BCUT2D eigenvalue weighted by atomic mass is 9.88. The van der Waals surface area contributed by atoms with Crippen LogP contribution in [0.4, 0.5) is 0 Å². The van der Waals surface area contributed by atoms with E-state index >= 15 is 0 Å². The highest BCUT2D eigenvalue weighted by Gasteiger charge is 2.16. The smallest absolute Gasteiger partial charge is 0.218 e. The second-order valence-corrected chi connectivity index (χ2v) is 6.18. The van der Waals surface area contributed by atoms with Crippen molar-refractivity contribution in [3.8, 4) is 6.07 Å². The Morgan fingerprint density at radius 2 is 1.95 bits per heavy atom. The quantitative estimate of drug-likeness (QED) is 0.796. The van der Waals surface area contributed by atoms with Crippen LogP contribution in [0, 0.1) is 14.9 Å². The Kier molecular flexibility index (Phi) is 5.34. The van der Waals surface area contributed by atoms with Crippen molar-refractivity contribution in [2.75, 3.05) is 0 Å². The van der Waals surface area contributed by atoms with Gasteiger partial charge in [0.15, 0.2) is 0 Å². The summed E-state index contributed by atoms with van der Waals surface area (Å²) >= 11 is 2.26. The zero-order chi connectivity index (χ0) is 15.2. The Labute approximate surface area is 137 Å². The zero-order valence-corrected chi connectivity index (χ0v) is 13.6. The molecule has 0 aromatic heterocycles. The summed E-state index contributed by atoms with van der Waals surface area (Å²) in [6, 6.07) is 17.7. The number of halogens is 1. The molecule has 4 heteroatoms. The van der Waals surface area contributed by atoms with Crippen LogP contribution in [-0.4, -0.2) is 5.91 Å². The minimum atomic E-state index is -0.326. The Hall–Kier alpha value is -1.87. The topological polar surface area (TPSA) is 66.9 Å². The number of amides is 1. The molecule has 0 radical (unpaired) electrons. The number of carbonyl (C=O) groups is 1. The van der Waals surface area contributed by atoms with Gasteiger partial charge >= 0.3 is 0 Å². The molecule has 1 atom stereocenters. The summed E-state index contributed by atoms with van der Waals surface area (Å²) in [6.07, 6.45) is 1.01. The average molecular weight is 390 g/mol. The van der Waals surface area contributed by atoms with Crippen molar-refractivity contribution < 1.29 is 4.79 Å². The molecule has 0 fully saturated rings. The van der Waals surface area contributed by atoms with Gasteiger partial charge in [-0.3, -0.25) is 4.79 Å². The lowest BCUT2D eigenvalue weighted by molar-refractivity contribution is -0.118. The minimum Gasteiger partial charge on any atom is -0.370 e. The summed E-state index contributed by atoms with van der Waals surface area (Å²) in [5, 5.41) is 9.00. The van der Waals surface area contributed by atoms with Gasteiger partial charge in [-0.25, -0.2) is 0 Å². The van der Waals surface area contributed by atoms with Gasteiger partial charge in [0.25, 0.3) is 0 Å². The fourth-order valence-corrected chi connectivity index (χ4v) is 2.68. The van der Waals surface area contributed by atoms with Gasteiger partial charge in [-0.15, -0.1) is 0 Å². The maximum atomic E-state index is 11.3. The van der Waals surface area contributed by atoms with Crippen molar-refractivity contribution in [2.45, 2.75) is 18.8 Å². The molecule has 0 heterocycles. The van der Waals surface area contributed by atoms with Gasteiger partial charge in [0.2, 0.25) is 5.91 Å². The SMILES string of the molecule is N#Cc1cccc(C(CC(N)=O)Cc2ccc(I)cc2)c1. The molecule has 2 aromatic rings. The lowest BCUT2D eigenvalue weighted by Crippen LogP contribution is -2.17. The minimum absolute atomic E-state index is 0.00383. The largest absolute Gasteiger partial charge is 0.370 e. The summed E-state index contributed by atoms with van der Waals surface area (Å²) in [6.45, 7) is 0. The Balaban J connectivity index is 2.27. The highest BCUT2D eigenvalue weighted by molar-refractivity contribution is 14.1. The van der Waals surface area contributed by atoms with Gasteiger partial charge in [0, 0.05) is 9.99 Å². The molecule has 0 aliphatic rings. The van der Waals surface area contributed by atoms with E-state index in [-0.39, 0.29) is 18.2 Å². The van der Waals surface area contributed by atoms with Gasteiger partial charge in [-0.2, -0.15) is 5.26 Å². The molecule has 21 heavy (non-hydrogen) atoms. The fourth-order valence-electron chi connectivity index (χ4n) is 2.32. The Morgan fingerprint density at radius 1 is 1.24 bits per heavy atom. The van der Waals surface area contributed by atoms with E-state index in [2.05, 4.69) is 40.8 Å². The molecular weight excluding hydrogens is 375 g/mol. The first-order chi connectivity index (χ1) is 10.1. The molecule has 2 N–H and O–H groups in total. The van der Waals surface area contributed by atoms with Crippen molar-refractivity contribution in [1.82, 2.24) is 0 Å². The van der Waals surface area contributed by atoms with E-state index in [0.717, 1.165) is 17.5 Å². The number of nitrogens with zero attached hydrogens (tertiary/aromatic N) is 1. The zero-order valence-electron chi connectivity index (χ0n) is 11.4. The van der Waals surface area contributed by atoms with Crippen LogP contribution in [-0.2, 0) is 11.2 Å². The van der Waals surface area contributed by atoms with E-state index in [1.165, 1.54) is 3.57 Å². The molecule has 106 valence electrons. The molecular formula is C17H15IN2O. The van der Waals surface area contributed by atoms with Crippen molar-refractivity contribution in [2.24, 2.45) is 5.73 Å². The number of carbonyl (C=O) groups excluding carboxylic acids is 1. The van der Waals surface area contributed by atoms with Crippen LogP contribution in [0.25, 0.3) is 0 Å². The first-order valence-electron chi connectivity index (χ1n) is 6.61. The molecule has 1 amide bonds. The molecule has 0 saturated heterocycles. The highest BCUT2D eigenvalue weighted by Crippen LogP contribution is 2.25. The predicted octanol–water partition coefficient (Wildman–Crippen LogP) is 3.36. The fraction of sp³-hybridized carbons (Fsp3) is 0.176. The first kappa shape index (κ1) is 15.5. The molecule has 0 aliphatic heterocycles. The third-order valence-electron chi connectivity index (χ3n) is 3.33. The summed E-state index contributed by atoms with van der Waals surface area (Å²) in [5.41, 5.74) is 8.11. The monoisotopic (exact) mass is 390 g/mol. The summed E-state index contributed by atoms with van der Waals surface area (Å²) in [7, 11) is 0. The lowest BCUT2D eigenvalue weighted by Gasteiger charge is -2.16. The molecule has 0 aliphatic carbocycles. The van der Waals surface area contributed by atoms with E-state index in [9.17, 15) is 4.79 Å².